The van der Waals surface area contributed by atoms with Gasteiger partial charge in [-0.25, -0.2) is 94.5 Å². The minimum absolute atomic E-state index is 0. The number of imidazole rings is 4. The molecular formula is C61H75Cl4Fe2N17O26. The van der Waals surface area contributed by atoms with Gasteiger partial charge < -0.3 is 38.9 Å². The van der Waals surface area contributed by atoms with E-state index in [4.69, 9.17) is 154 Å². The van der Waals surface area contributed by atoms with Crippen molar-refractivity contribution in [3.05, 3.63) is 210 Å². The van der Waals surface area contributed by atoms with Crippen LogP contribution in [0.25, 0.3) is 44.1 Å². The van der Waals surface area contributed by atoms with Gasteiger partial charge in [0.05, 0.1) is 146 Å². The first-order valence-electron chi connectivity index (χ1n) is 31.3. The second-order valence-corrected chi connectivity index (χ2v) is 25.2. The molecule has 604 valence electrons. The Morgan fingerprint density at radius 3 is 0.655 bits per heavy atom. The van der Waals surface area contributed by atoms with Gasteiger partial charge in [0, 0.05) is 67.1 Å². The number of pyridine rings is 2. The number of aromatic amines is 4. The van der Waals surface area contributed by atoms with Crippen LogP contribution in [0.4, 0.5) is 0 Å². The topological polar surface area (TPSA) is 689 Å². The van der Waals surface area contributed by atoms with Gasteiger partial charge in [0.2, 0.25) is 0 Å². The molecule has 2 aliphatic rings. The Hall–Kier alpha value is -7.50. The van der Waals surface area contributed by atoms with E-state index in [0.717, 1.165) is 138 Å². The van der Waals surface area contributed by atoms with Crippen molar-refractivity contribution in [1.82, 2.24) is 69.4 Å². The van der Waals surface area contributed by atoms with Crippen LogP contribution in [0, 0.1) is 71.3 Å². The van der Waals surface area contributed by atoms with Crippen molar-refractivity contribution < 1.29 is 183 Å². The molecule has 0 unspecified atom stereocenters. The molecule has 0 spiro atoms. The number of hydrogen-bond acceptors (Lipinski definition) is 36. The first-order valence-corrected chi connectivity index (χ1v) is 36.3. The monoisotopic (exact) mass is 1710 g/mol. The van der Waals surface area contributed by atoms with Gasteiger partial charge in [0.25, 0.3) is 0 Å². The van der Waals surface area contributed by atoms with Gasteiger partial charge in [0.1, 0.15) is 23.3 Å². The van der Waals surface area contributed by atoms with Crippen LogP contribution in [0.2, 0.25) is 0 Å². The summed E-state index contributed by atoms with van der Waals surface area (Å²) in [6.45, 7) is 13.6. The molecule has 110 heavy (non-hydrogen) atoms. The number of benzene rings is 4. The number of nitrogens with zero attached hydrogens (tertiary/aromatic N) is 13. The van der Waals surface area contributed by atoms with Crippen LogP contribution in [0.1, 0.15) is 46.1 Å². The summed E-state index contributed by atoms with van der Waals surface area (Å²) >= 11 is 0. The van der Waals surface area contributed by atoms with Crippen molar-refractivity contribution in [2.75, 3.05) is 100 Å². The van der Waals surface area contributed by atoms with Crippen LogP contribution in [0.3, 0.4) is 0 Å². The molecule has 4 aromatic carbocycles. The quantitative estimate of drug-likeness (QED) is 0.0623. The predicted molar refractivity (Wildman–Crippen MR) is 331 cm³/mol. The van der Waals surface area contributed by atoms with Crippen molar-refractivity contribution in [3.63, 3.8) is 0 Å². The first-order chi connectivity index (χ1) is 50.8. The van der Waals surface area contributed by atoms with Crippen LogP contribution < -0.4 is 74.5 Å². The minimum Gasteiger partial charge on any atom is -0.378 e. The van der Waals surface area contributed by atoms with Gasteiger partial charge >= 0.3 is 34.1 Å². The Kier molecular flexibility index (Phi) is 45.9. The molecule has 0 saturated carbocycles. The van der Waals surface area contributed by atoms with E-state index in [1.54, 1.807) is 0 Å². The van der Waals surface area contributed by atoms with Crippen LogP contribution >= 0.6 is 0 Å². The number of ether oxygens (including phenoxy) is 4. The van der Waals surface area contributed by atoms with Crippen LogP contribution in [0.15, 0.2) is 133 Å². The van der Waals surface area contributed by atoms with Crippen molar-refractivity contribution in [3.8, 4) is 0 Å². The van der Waals surface area contributed by atoms with E-state index in [9.17, 15) is 0 Å². The molecule has 2 aliphatic heterocycles. The Morgan fingerprint density at radius 2 is 0.482 bits per heavy atom. The Balaban J connectivity index is 0.000000530. The van der Waals surface area contributed by atoms with Crippen molar-refractivity contribution in [2.45, 2.75) is 52.4 Å². The summed E-state index contributed by atoms with van der Waals surface area (Å²) in [4.78, 5) is 77.2. The number of rotatable bonds is 8. The second-order valence-electron chi connectivity index (χ2n) is 22.2. The number of aromatic nitrogens is 10. The normalized spacial score (nSPS) is 14.6. The number of hydrogen-bond donors (Lipinski definition) is 4. The van der Waals surface area contributed by atoms with Gasteiger partial charge in [-0.3, -0.25) is 59.9 Å². The van der Waals surface area contributed by atoms with Crippen LogP contribution in [0.5, 0.6) is 0 Å². The van der Waals surface area contributed by atoms with Gasteiger partial charge in [-0.05, 0) is 72.8 Å². The third-order valence-electron chi connectivity index (χ3n) is 13.5. The number of para-hydroxylation sites is 8. The van der Waals surface area contributed by atoms with Crippen molar-refractivity contribution in [2.24, 2.45) is 0 Å². The van der Waals surface area contributed by atoms with Crippen molar-refractivity contribution in [1.29, 1.82) is 0 Å². The van der Waals surface area contributed by atoms with Gasteiger partial charge in [-0.1, -0.05) is 60.7 Å². The molecular weight excluding hydrogens is 1640 g/mol. The Bertz CT molecular complexity index is 3570. The molecule has 43 nitrogen and oxygen atoms in total. The third-order valence-corrected chi connectivity index (χ3v) is 13.5. The van der Waals surface area contributed by atoms with Gasteiger partial charge in [-0.15, -0.1) is 41.0 Å². The average Bonchev–Trinajstić information content (AvgIpc) is 1.74. The van der Waals surface area contributed by atoms with E-state index in [1.807, 2.05) is 72.8 Å². The molecule has 4 N–H and O–H groups in total. The molecule has 0 amide bonds. The molecule has 10 aromatic rings. The number of halogens is 4. The number of nitro groups is 3. The van der Waals surface area contributed by atoms with E-state index in [2.05, 4.69) is 100 Å². The zero-order chi connectivity index (χ0) is 79.9. The molecule has 49 heteroatoms. The van der Waals surface area contributed by atoms with Gasteiger partial charge in [0.15, 0.2) is 21.1 Å². The van der Waals surface area contributed by atoms with E-state index in [1.165, 1.54) is 0 Å². The van der Waals surface area contributed by atoms with E-state index in [0.29, 0.717) is 105 Å². The summed E-state index contributed by atoms with van der Waals surface area (Å²) in [5, 5.41) is 26.4. The van der Waals surface area contributed by atoms with Gasteiger partial charge in [-0.2, -0.15) is 0 Å². The molecule has 0 aliphatic carbocycles. The van der Waals surface area contributed by atoms with Crippen molar-refractivity contribution >= 4 is 44.1 Å². The standard InChI is InChI=1S/2C29H33N7O2.3CH3NO2.4ClHO4.2Fe/c2*1-2-9-25-24(8-1)31-28(32-25)20-35-12-14-37-16-17-38-15-13-36(19-23-7-5-6-22(18-35)30-23)21-29-33-26-10-3-4-11-27(26)34-29;3*1-2(3)4;4*2-1(3,4)5;;/h2*1-11H,12-21H2,(H,31,32)(H,33,34);3*1H3;4*(H,2,3,4,5);;/q;;;;;;;;;2*+2/p-4. The summed E-state index contributed by atoms with van der Waals surface area (Å²) in [6.07, 6.45) is 0. The van der Waals surface area contributed by atoms with E-state index in [-0.39, 0.29) is 34.1 Å². The third kappa shape index (κ3) is 49.0. The molecule has 0 fully saturated rings. The Labute approximate surface area is 655 Å². The fourth-order valence-corrected chi connectivity index (χ4v) is 9.77. The Morgan fingerprint density at radius 1 is 0.309 bits per heavy atom. The fourth-order valence-electron chi connectivity index (χ4n) is 9.77. The molecule has 0 saturated heterocycles. The smallest absolute Gasteiger partial charge is 0.378 e. The molecule has 0 radical (unpaired) electrons. The SMILES string of the molecule is C[N+](=O)[O-].C[N+](=O)[O-].C[N+](=O)[O-].[Fe+2].[Fe+2].[O-][Cl+3]([O-])([O-])[O-].[O-][Cl+3]([O-])([O-])[O-].[O-][Cl+3]([O-])([O-])[O-].[O-][Cl+3]([O-])([O-])[O-].c1cc2nc(c1)CN(Cc1nc3ccccc3[nH]1)CCOCCOCCN(Cc1nc3ccccc3[nH]1)C2.c1cc2nc(c1)CN(Cc1nc3ccccc3[nH]1)CCOCCOCCN(Cc1nc3ccccc3[nH]1)C2. The fraction of sp³-hybridized carbons (Fsp3) is 0.377. The zero-order valence-electron chi connectivity index (χ0n) is 58.5. The molecule has 12 rings (SSSR count). The maximum Gasteiger partial charge on any atom is 2.00 e. The average molecular weight is 1720 g/mol. The van der Waals surface area contributed by atoms with Crippen LogP contribution in [-0.4, -0.2) is 184 Å². The van der Waals surface area contributed by atoms with Crippen LogP contribution in [-0.2, 0) is 105 Å². The molecule has 6 aromatic heterocycles. The number of fused-ring (bicyclic) bond motifs is 8. The van der Waals surface area contributed by atoms with E-state index < -0.39 is 55.7 Å². The van der Waals surface area contributed by atoms with E-state index >= 15 is 0 Å². The predicted octanol–water partition coefficient (Wildman–Crippen LogP) is -11.6. The number of nitrogens with one attached hydrogen (secondary N) is 4. The molecule has 4 bridgehead atoms. The first kappa shape index (κ1) is 98.6. The largest absolute Gasteiger partial charge is 2.00 e. The molecule has 0 atom stereocenters. The summed E-state index contributed by atoms with van der Waals surface area (Å²) in [7, 11) is -17.1. The maximum atomic E-state index is 8.81. The summed E-state index contributed by atoms with van der Waals surface area (Å²) in [6, 6.07) is 45.1. The summed E-state index contributed by atoms with van der Waals surface area (Å²) in [5.41, 5.74) is 12.3. The molecule has 8 heterocycles. The minimum atomic E-state index is -4.94. The second kappa shape index (κ2) is 51.2. The summed E-state index contributed by atoms with van der Waals surface area (Å²) in [5.74, 6) is 3.78. The summed E-state index contributed by atoms with van der Waals surface area (Å²) < 4.78 is 159. The maximum absolute atomic E-state index is 8.81. The zero-order valence-corrected chi connectivity index (χ0v) is 63.7. The number of H-pyrrole nitrogens is 4.